The lowest BCUT2D eigenvalue weighted by atomic mass is 9.93. The van der Waals surface area contributed by atoms with Crippen LogP contribution in [-0.2, 0) is 4.79 Å². The smallest absolute Gasteiger partial charge is 0.303 e. The normalized spacial score (nSPS) is 27.8. The second-order valence-corrected chi connectivity index (χ2v) is 4.37. The van der Waals surface area contributed by atoms with Crippen molar-refractivity contribution in [3.8, 4) is 0 Å². The van der Waals surface area contributed by atoms with E-state index < -0.39 is 5.97 Å². The largest absolute Gasteiger partial charge is 0.481 e. The zero-order chi connectivity index (χ0) is 8.97. The van der Waals surface area contributed by atoms with Gasteiger partial charge >= 0.3 is 5.97 Å². The zero-order valence-corrected chi connectivity index (χ0v) is 9.07. The van der Waals surface area contributed by atoms with Gasteiger partial charge in [-0.1, -0.05) is 0 Å². The van der Waals surface area contributed by atoms with Gasteiger partial charge in [-0.15, -0.1) is 12.4 Å². The van der Waals surface area contributed by atoms with Crippen LogP contribution in [0.25, 0.3) is 0 Å². The molecule has 5 heteroatoms. The number of carbonyl (C=O) groups is 1. The minimum absolute atomic E-state index is 0. The Morgan fingerprint density at radius 2 is 2.31 bits per heavy atom. The Morgan fingerprint density at radius 3 is 2.85 bits per heavy atom. The molecule has 1 heterocycles. The molecule has 78 valence electrons. The average Bonchev–Trinajstić information content (AvgIpc) is 2.03. The monoisotopic (exact) mass is 225 g/mol. The van der Waals surface area contributed by atoms with Gasteiger partial charge in [-0.3, -0.25) is 4.79 Å². The molecule has 2 unspecified atom stereocenters. The van der Waals surface area contributed by atoms with E-state index in [-0.39, 0.29) is 24.9 Å². The fourth-order valence-electron chi connectivity index (χ4n) is 1.47. The Hall–Kier alpha value is 0.0700. The van der Waals surface area contributed by atoms with Gasteiger partial charge in [0.15, 0.2) is 0 Å². The molecule has 3 N–H and O–H groups in total. The van der Waals surface area contributed by atoms with Crippen LogP contribution in [-0.4, -0.2) is 28.6 Å². The maximum atomic E-state index is 10.3. The Kier molecular flexibility index (Phi) is 6.55. The lowest BCUT2D eigenvalue weighted by Gasteiger charge is -2.27. The number of aliphatic carboxylic acids is 1. The summed E-state index contributed by atoms with van der Waals surface area (Å²) in [7, 11) is 0. The Bertz CT molecular complexity index is 168. The topological polar surface area (TPSA) is 63.3 Å². The van der Waals surface area contributed by atoms with Gasteiger partial charge in [-0.05, 0) is 24.5 Å². The SMILES string of the molecule is Cl.NC1CSCCC1CCC(=O)O. The van der Waals surface area contributed by atoms with Crippen LogP contribution in [0, 0.1) is 5.92 Å². The highest BCUT2D eigenvalue weighted by Gasteiger charge is 2.22. The van der Waals surface area contributed by atoms with Gasteiger partial charge in [0.25, 0.3) is 0 Å². The summed E-state index contributed by atoms with van der Waals surface area (Å²) in [6.45, 7) is 0. The summed E-state index contributed by atoms with van der Waals surface area (Å²) in [5.41, 5.74) is 5.85. The second kappa shape index (κ2) is 6.51. The first kappa shape index (κ1) is 13.1. The predicted octanol–water partition coefficient (Wildman–Crippen LogP) is 1.35. The first-order chi connectivity index (χ1) is 5.70. The quantitative estimate of drug-likeness (QED) is 0.761. The minimum Gasteiger partial charge on any atom is -0.481 e. The molecule has 0 radical (unpaired) electrons. The van der Waals surface area contributed by atoms with Gasteiger partial charge in [-0.2, -0.15) is 11.8 Å². The summed E-state index contributed by atoms with van der Waals surface area (Å²) >= 11 is 1.87. The van der Waals surface area contributed by atoms with E-state index in [1.54, 1.807) is 0 Å². The van der Waals surface area contributed by atoms with Crippen molar-refractivity contribution in [3.63, 3.8) is 0 Å². The lowest BCUT2D eigenvalue weighted by molar-refractivity contribution is -0.137. The van der Waals surface area contributed by atoms with Crippen LogP contribution in [0.15, 0.2) is 0 Å². The summed E-state index contributed by atoms with van der Waals surface area (Å²) < 4.78 is 0. The molecule has 13 heavy (non-hydrogen) atoms. The number of rotatable bonds is 3. The number of hydrogen-bond acceptors (Lipinski definition) is 3. The number of thioether (sulfide) groups is 1. The number of carboxylic acids is 1. The van der Waals surface area contributed by atoms with E-state index in [1.165, 1.54) is 0 Å². The molecule has 2 atom stereocenters. The van der Waals surface area contributed by atoms with Crippen LogP contribution in [0.4, 0.5) is 0 Å². The van der Waals surface area contributed by atoms with Crippen LogP contribution < -0.4 is 5.73 Å². The Labute approximate surface area is 88.9 Å². The molecule has 1 fully saturated rings. The molecule has 3 nitrogen and oxygen atoms in total. The van der Waals surface area contributed by atoms with E-state index >= 15 is 0 Å². The van der Waals surface area contributed by atoms with Gasteiger partial charge in [0.1, 0.15) is 0 Å². The molecule has 0 bridgehead atoms. The van der Waals surface area contributed by atoms with Crippen molar-refractivity contribution in [3.05, 3.63) is 0 Å². The molecule has 1 aliphatic heterocycles. The van der Waals surface area contributed by atoms with Crippen molar-refractivity contribution < 1.29 is 9.90 Å². The van der Waals surface area contributed by atoms with Gasteiger partial charge < -0.3 is 10.8 Å². The standard InChI is InChI=1S/C8H15NO2S.ClH/c9-7-5-12-4-3-6(7)1-2-8(10)11;/h6-7H,1-5,9H2,(H,10,11);1H. The van der Waals surface area contributed by atoms with E-state index in [2.05, 4.69) is 0 Å². The summed E-state index contributed by atoms with van der Waals surface area (Å²) in [5, 5.41) is 8.48. The van der Waals surface area contributed by atoms with E-state index in [0.29, 0.717) is 5.92 Å². The number of hydrogen-bond donors (Lipinski definition) is 2. The first-order valence-corrected chi connectivity index (χ1v) is 5.40. The lowest BCUT2D eigenvalue weighted by Crippen LogP contribution is -2.36. The Balaban J connectivity index is 0.00000144. The summed E-state index contributed by atoms with van der Waals surface area (Å²) in [5.74, 6) is 1.85. The molecule has 0 spiro atoms. The van der Waals surface area contributed by atoms with E-state index in [4.69, 9.17) is 10.8 Å². The fraction of sp³-hybridized carbons (Fsp3) is 0.875. The molecule has 1 rings (SSSR count). The fourth-order valence-corrected chi connectivity index (χ4v) is 2.65. The maximum Gasteiger partial charge on any atom is 0.303 e. The van der Waals surface area contributed by atoms with E-state index in [9.17, 15) is 4.79 Å². The van der Waals surface area contributed by atoms with Crippen molar-refractivity contribution in [2.24, 2.45) is 11.7 Å². The van der Waals surface area contributed by atoms with Crippen molar-refractivity contribution in [1.29, 1.82) is 0 Å². The highest BCUT2D eigenvalue weighted by Crippen LogP contribution is 2.25. The van der Waals surface area contributed by atoms with Gasteiger partial charge in [0, 0.05) is 18.2 Å². The van der Waals surface area contributed by atoms with Crippen LogP contribution in [0.1, 0.15) is 19.3 Å². The second-order valence-electron chi connectivity index (χ2n) is 3.22. The highest BCUT2D eigenvalue weighted by atomic mass is 35.5. The zero-order valence-electron chi connectivity index (χ0n) is 7.44. The molecule has 0 amide bonds. The molecule has 0 aromatic heterocycles. The number of halogens is 1. The average molecular weight is 226 g/mol. The predicted molar refractivity (Wildman–Crippen MR) is 57.5 cm³/mol. The molecule has 0 aliphatic carbocycles. The summed E-state index contributed by atoms with van der Waals surface area (Å²) in [6.07, 6.45) is 2.10. The van der Waals surface area contributed by atoms with Crippen molar-refractivity contribution in [2.45, 2.75) is 25.3 Å². The van der Waals surface area contributed by atoms with Crippen molar-refractivity contribution >= 4 is 30.1 Å². The minimum atomic E-state index is -0.708. The Morgan fingerprint density at radius 1 is 1.62 bits per heavy atom. The van der Waals surface area contributed by atoms with E-state index in [1.807, 2.05) is 11.8 Å². The third-order valence-electron chi connectivity index (χ3n) is 2.28. The molecular formula is C8H16ClNO2S. The third kappa shape index (κ3) is 4.74. The van der Waals surface area contributed by atoms with Crippen LogP contribution in [0.2, 0.25) is 0 Å². The van der Waals surface area contributed by atoms with Crippen LogP contribution in [0.3, 0.4) is 0 Å². The van der Waals surface area contributed by atoms with Crippen molar-refractivity contribution in [2.75, 3.05) is 11.5 Å². The molecule has 0 saturated carbocycles. The number of nitrogens with two attached hydrogens (primary N) is 1. The van der Waals surface area contributed by atoms with Crippen LogP contribution >= 0.6 is 24.2 Å². The molecule has 1 aliphatic rings. The van der Waals surface area contributed by atoms with Crippen molar-refractivity contribution in [1.82, 2.24) is 0 Å². The number of carboxylic acid groups (broad SMARTS) is 1. The summed E-state index contributed by atoms with van der Waals surface area (Å²) in [4.78, 5) is 10.3. The highest BCUT2D eigenvalue weighted by molar-refractivity contribution is 7.99. The first-order valence-electron chi connectivity index (χ1n) is 4.25. The molecule has 1 saturated heterocycles. The molecule has 0 aromatic carbocycles. The summed E-state index contributed by atoms with van der Waals surface area (Å²) in [6, 6.07) is 0.211. The molecule has 0 aromatic rings. The third-order valence-corrected chi connectivity index (χ3v) is 3.42. The van der Waals surface area contributed by atoms with Gasteiger partial charge in [-0.25, -0.2) is 0 Å². The van der Waals surface area contributed by atoms with Gasteiger partial charge in [0.05, 0.1) is 0 Å². The van der Waals surface area contributed by atoms with E-state index in [0.717, 1.165) is 24.3 Å². The van der Waals surface area contributed by atoms with Gasteiger partial charge in [0.2, 0.25) is 0 Å². The van der Waals surface area contributed by atoms with Crippen LogP contribution in [0.5, 0.6) is 0 Å². The molecular weight excluding hydrogens is 210 g/mol. The maximum absolute atomic E-state index is 10.3.